The van der Waals surface area contributed by atoms with E-state index in [4.69, 9.17) is 9.47 Å². The topological polar surface area (TPSA) is 73.0 Å². The van der Waals surface area contributed by atoms with E-state index in [-0.39, 0.29) is 17.8 Å². The summed E-state index contributed by atoms with van der Waals surface area (Å²) < 4.78 is 10.3. The SMILES string of the molecule is COC(=O)[C@@]12O[C@]1(CC=C(C)C)C(=O)c1ccccc1C2=O. The zero-order chi connectivity index (χ0) is 16.1. The summed E-state index contributed by atoms with van der Waals surface area (Å²) in [5.74, 6) is -1.66. The standard InChI is InChI=1S/C17H16O5/c1-10(2)8-9-16-13(18)11-6-4-5-7-12(11)14(19)17(16,22-16)15(20)21-3/h4-8H,9H2,1-3H3/t16-,17-/m1/s1. The van der Waals surface area contributed by atoms with E-state index < -0.39 is 23.0 Å². The Bertz CT molecular complexity index is 728. The quantitative estimate of drug-likeness (QED) is 0.370. The highest BCUT2D eigenvalue weighted by atomic mass is 16.7. The molecule has 0 bridgehead atoms. The van der Waals surface area contributed by atoms with E-state index in [0.717, 1.165) is 5.57 Å². The molecule has 1 aliphatic heterocycles. The average Bonchev–Trinajstić information content (AvgIpc) is 3.22. The number of esters is 1. The van der Waals surface area contributed by atoms with E-state index in [1.807, 2.05) is 13.8 Å². The van der Waals surface area contributed by atoms with E-state index in [9.17, 15) is 14.4 Å². The lowest BCUT2D eigenvalue weighted by molar-refractivity contribution is -0.145. The number of allylic oxidation sites excluding steroid dienone is 1. The minimum absolute atomic E-state index is 0.170. The van der Waals surface area contributed by atoms with Crippen LogP contribution in [0.15, 0.2) is 35.9 Å². The van der Waals surface area contributed by atoms with Crippen LogP contribution in [-0.2, 0) is 14.3 Å². The number of benzene rings is 1. The molecule has 3 rings (SSSR count). The van der Waals surface area contributed by atoms with E-state index in [2.05, 4.69) is 0 Å². The maximum atomic E-state index is 12.8. The van der Waals surface area contributed by atoms with Gasteiger partial charge < -0.3 is 9.47 Å². The molecular weight excluding hydrogens is 284 g/mol. The monoisotopic (exact) mass is 300 g/mol. The largest absolute Gasteiger partial charge is 0.466 e. The Kier molecular flexibility index (Phi) is 3.07. The van der Waals surface area contributed by atoms with Crippen LogP contribution >= 0.6 is 0 Å². The van der Waals surface area contributed by atoms with Gasteiger partial charge in [0.25, 0.3) is 5.60 Å². The lowest BCUT2D eigenvalue weighted by Gasteiger charge is -2.22. The second kappa shape index (κ2) is 4.61. The Labute approximate surface area is 127 Å². The van der Waals surface area contributed by atoms with Gasteiger partial charge in [-0.25, -0.2) is 4.79 Å². The number of carbonyl (C=O) groups is 3. The Morgan fingerprint density at radius 1 is 1.18 bits per heavy atom. The summed E-state index contributed by atoms with van der Waals surface area (Å²) in [6.45, 7) is 3.75. The first-order chi connectivity index (χ1) is 10.4. The fourth-order valence-corrected chi connectivity index (χ4v) is 3.03. The van der Waals surface area contributed by atoms with Crippen molar-refractivity contribution in [2.75, 3.05) is 7.11 Å². The molecule has 1 heterocycles. The van der Waals surface area contributed by atoms with Crippen molar-refractivity contribution in [3.05, 3.63) is 47.0 Å². The molecule has 0 radical (unpaired) electrons. The smallest absolute Gasteiger partial charge is 0.350 e. The van der Waals surface area contributed by atoms with Crippen LogP contribution in [0.1, 0.15) is 41.0 Å². The molecule has 0 amide bonds. The molecule has 0 saturated carbocycles. The molecular formula is C17H16O5. The van der Waals surface area contributed by atoms with Crippen molar-refractivity contribution in [3.63, 3.8) is 0 Å². The molecule has 2 aliphatic rings. The number of carbonyl (C=O) groups excluding carboxylic acids is 3. The van der Waals surface area contributed by atoms with Crippen molar-refractivity contribution in [1.82, 2.24) is 0 Å². The second-order valence-corrected chi connectivity index (χ2v) is 5.79. The summed E-state index contributed by atoms with van der Waals surface area (Å²) >= 11 is 0. The summed E-state index contributed by atoms with van der Waals surface area (Å²) in [5.41, 5.74) is -1.82. The number of hydrogen-bond donors (Lipinski definition) is 0. The number of fused-ring (bicyclic) bond motifs is 2. The summed E-state index contributed by atoms with van der Waals surface area (Å²) in [6.07, 6.45) is 1.97. The van der Waals surface area contributed by atoms with E-state index in [1.165, 1.54) is 13.2 Å². The molecule has 5 nitrogen and oxygen atoms in total. The highest BCUT2D eigenvalue weighted by Gasteiger charge is 2.85. The molecule has 1 aromatic rings. The number of Topliss-reactive ketones (excluding diaryl/α,β-unsaturated/α-hetero) is 2. The van der Waals surface area contributed by atoms with Gasteiger partial charge in [-0.15, -0.1) is 0 Å². The van der Waals surface area contributed by atoms with Crippen LogP contribution in [0.2, 0.25) is 0 Å². The van der Waals surface area contributed by atoms with Gasteiger partial charge in [-0.1, -0.05) is 35.9 Å². The first-order valence-corrected chi connectivity index (χ1v) is 7.01. The van der Waals surface area contributed by atoms with Crippen LogP contribution in [0.5, 0.6) is 0 Å². The Morgan fingerprint density at radius 2 is 1.77 bits per heavy atom. The van der Waals surface area contributed by atoms with Gasteiger partial charge in [0.2, 0.25) is 5.78 Å². The molecule has 1 aliphatic carbocycles. The lowest BCUT2D eigenvalue weighted by atomic mass is 9.72. The fraction of sp³-hybridized carbons (Fsp3) is 0.353. The number of rotatable bonds is 3. The molecule has 2 atom stereocenters. The third kappa shape index (κ3) is 1.60. The Balaban J connectivity index is 2.18. The van der Waals surface area contributed by atoms with Gasteiger partial charge >= 0.3 is 5.97 Å². The minimum Gasteiger partial charge on any atom is -0.466 e. The van der Waals surface area contributed by atoms with Gasteiger partial charge in [0.05, 0.1) is 7.11 Å². The van der Waals surface area contributed by atoms with Crippen LogP contribution in [0.3, 0.4) is 0 Å². The van der Waals surface area contributed by atoms with Crippen molar-refractivity contribution in [3.8, 4) is 0 Å². The fourth-order valence-electron chi connectivity index (χ4n) is 3.03. The van der Waals surface area contributed by atoms with E-state index >= 15 is 0 Å². The van der Waals surface area contributed by atoms with Gasteiger partial charge in [-0.05, 0) is 13.8 Å². The Morgan fingerprint density at radius 3 is 2.32 bits per heavy atom. The summed E-state index contributed by atoms with van der Waals surface area (Å²) in [6, 6.07) is 6.46. The Hall–Kier alpha value is -2.27. The van der Waals surface area contributed by atoms with E-state index in [1.54, 1.807) is 24.3 Å². The van der Waals surface area contributed by atoms with Gasteiger partial charge in [0.1, 0.15) is 0 Å². The van der Waals surface area contributed by atoms with Crippen molar-refractivity contribution < 1.29 is 23.9 Å². The van der Waals surface area contributed by atoms with E-state index in [0.29, 0.717) is 5.56 Å². The van der Waals surface area contributed by atoms with Crippen LogP contribution in [0, 0.1) is 0 Å². The molecule has 0 unspecified atom stereocenters. The van der Waals surface area contributed by atoms with Crippen molar-refractivity contribution in [2.45, 2.75) is 31.5 Å². The number of epoxide rings is 1. The van der Waals surface area contributed by atoms with Crippen LogP contribution in [0.4, 0.5) is 0 Å². The molecule has 22 heavy (non-hydrogen) atoms. The predicted molar refractivity (Wildman–Crippen MR) is 77.7 cm³/mol. The number of methoxy groups -OCH3 is 1. The molecule has 1 aromatic carbocycles. The third-order valence-corrected chi connectivity index (χ3v) is 4.23. The lowest BCUT2D eigenvalue weighted by Crippen LogP contribution is -2.50. The molecule has 114 valence electrons. The molecule has 1 saturated heterocycles. The molecule has 5 heteroatoms. The highest BCUT2D eigenvalue weighted by molar-refractivity contribution is 6.32. The highest BCUT2D eigenvalue weighted by Crippen LogP contribution is 2.58. The first-order valence-electron chi connectivity index (χ1n) is 7.01. The third-order valence-electron chi connectivity index (χ3n) is 4.23. The van der Waals surface area contributed by atoms with Gasteiger partial charge in [-0.2, -0.15) is 0 Å². The summed E-state index contributed by atoms with van der Waals surface area (Å²) in [5, 5.41) is 0. The van der Waals surface area contributed by atoms with Gasteiger partial charge in [-0.3, -0.25) is 9.59 Å². The van der Waals surface area contributed by atoms with Gasteiger partial charge in [0.15, 0.2) is 11.4 Å². The normalized spacial score (nSPS) is 28.5. The maximum absolute atomic E-state index is 12.8. The number of hydrogen-bond acceptors (Lipinski definition) is 5. The molecule has 0 N–H and O–H groups in total. The zero-order valence-electron chi connectivity index (χ0n) is 12.6. The summed E-state index contributed by atoms with van der Waals surface area (Å²) in [7, 11) is 1.18. The van der Waals surface area contributed by atoms with Crippen LogP contribution < -0.4 is 0 Å². The number of ether oxygens (including phenoxy) is 2. The van der Waals surface area contributed by atoms with Crippen LogP contribution in [-0.4, -0.2) is 35.8 Å². The van der Waals surface area contributed by atoms with Crippen LogP contribution in [0.25, 0.3) is 0 Å². The first kappa shape index (κ1) is 14.7. The predicted octanol–water partition coefficient (Wildman–Crippen LogP) is 2.10. The minimum atomic E-state index is -1.83. The summed E-state index contributed by atoms with van der Waals surface area (Å²) in [4.78, 5) is 37.8. The maximum Gasteiger partial charge on any atom is 0.350 e. The molecule has 0 spiro atoms. The van der Waals surface area contributed by atoms with Gasteiger partial charge in [0, 0.05) is 17.5 Å². The molecule has 1 fully saturated rings. The number of ketones is 2. The second-order valence-electron chi connectivity index (χ2n) is 5.79. The molecule has 0 aromatic heterocycles. The van der Waals surface area contributed by atoms with Crippen molar-refractivity contribution in [1.29, 1.82) is 0 Å². The average molecular weight is 300 g/mol. The van der Waals surface area contributed by atoms with Crippen molar-refractivity contribution >= 4 is 17.5 Å². The van der Waals surface area contributed by atoms with Crippen molar-refractivity contribution in [2.24, 2.45) is 0 Å². The zero-order valence-corrected chi connectivity index (χ0v) is 12.6.